The van der Waals surface area contributed by atoms with E-state index in [1.807, 2.05) is 0 Å². The fraction of sp³-hybridized carbons (Fsp3) is 0.214. The number of rotatable bonds is 21. The van der Waals surface area contributed by atoms with E-state index < -0.39 is 109 Å². The Morgan fingerprint density at radius 3 is 0.889 bits per heavy atom. The molecule has 3 unspecified atom stereocenters. The Morgan fingerprint density at radius 1 is 0.476 bits per heavy atom. The highest BCUT2D eigenvalue weighted by atomic mass is 16.5. The Balaban J connectivity index is 1.54. The number of carboxylic acids is 3. The van der Waals surface area contributed by atoms with Crippen molar-refractivity contribution in [1.29, 1.82) is 15.8 Å². The summed E-state index contributed by atoms with van der Waals surface area (Å²) in [6.07, 6.45) is -1.32. The van der Waals surface area contributed by atoms with Crippen molar-refractivity contribution >= 4 is 36.1 Å². The topological polar surface area (TPSA) is 338 Å². The molecule has 0 aliphatic heterocycles. The molecule has 1 aromatic heterocycles. The van der Waals surface area contributed by atoms with Crippen LogP contribution in [0.3, 0.4) is 0 Å². The number of hydrogen-bond acceptors (Lipinski definition) is 15. The fourth-order valence-electron chi connectivity index (χ4n) is 5.43. The van der Waals surface area contributed by atoms with E-state index >= 15 is 0 Å². The van der Waals surface area contributed by atoms with Crippen molar-refractivity contribution in [2.24, 2.45) is 0 Å². The van der Waals surface area contributed by atoms with Crippen LogP contribution in [0.2, 0.25) is 0 Å². The van der Waals surface area contributed by atoms with Gasteiger partial charge in [-0.2, -0.15) is 15.8 Å². The lowest BCUT2D eigenvalue weighted by molar-refractivity contribution is -0.133. The molecule has 0 saturated carbocycles. The van der Waals surface area contributed by atoms with Crippen LogP contribution in [0, 0.1) is 34.0 Å². The molecule has 4 rings (SSSR count). The van der Waals surface area contributed by atoms with Crippen LogP contribution in [-0.2, 0) is 34.0 Å². The molecule has 0 amide bonds. The van der Waals surface area contributed by atoms with Crippen LogP contribution in [0.5, 0.6) is 17.2 Å². The molecule has 3 aromatic carbocycles. The zero-order valence-electron chi connectivity index (χ0n) is 32.7. The van der Waals surface area contributed by atoms with Gasteiger partial charge in [-0.15, -0.1) is 0 Å². The Bertz CT molecular complexity index is 2400. The summed E-state index contributed by atoms with van der Waals surface area (Å²) in [4.78, 5) is 74.4. The summed E-state index contributed by atoms with van der Waals surface area (Å²) >= 11 is 0. The van der Waals surface area contributed by atoms with E-state index in [2.05, 4.69) is 0 Å². The van der Waals surface area contributed by atoms with Crippen LogP contribution >= 0.6 is 0 Å². The summed E-state index contributed by atoms with van der Waals surface area (Å²) in [6, 6.07) is 21.7. The number of aromatic nitrogens is 3. The zero-order valence-corrected chi connectivity index (χ0v) is 32.7. The molecule has 0 bridgehead atoms. The molecule has 63 heavy (non-hydrogen) atoms. The third kappa shape index (κ3) is 13.5. The largest absolute Gasteiger partial charge is 0.491 e. The summed E-state index contributed by atoms with van der Waals surface area (Å²) < 4.78 is 18.2. The zero-order chi connectivity index (χ0) is 46.2. The maximum Gasteiger partial charge on any atom is 0.346 e. The highest BCUT2D eigenvalue weighted by Crippen LogP contribution is 2.18. The number of carbonyl (C=O) groups is 3. The molecular weight excluding hydrogens is 828 g/mol. The summed E-state index contributed by atoms with van der Waals surface area (Å²) in [5.41, 5.74) is -4.20. The van der Waals surface area contributed by atoms with Gasteiger partial charge in [-0.3, -0.25) is 0 Å². The van der Waals surface area contributed by atoms with Crippen LogP contribution in [0.15, 0.2) is 104 Å². The predicted molar refractivity (Wildman–Crippen MR) is 217 cm³/mol. The Hall–Kier alpha value is -8.55. The van der Waals surface area contributed by atoms with Crippen molar-refractivity contribution in [3.05, 3.63) is 138 Å². The molecule has 3 atom stereocenters. The number of hydrogen-bond donors (Lipinski definition) is 6. The maximum absolute atomic E-state index is 13.7. The minimum Gasteiger partial charge on any atom is -0.491 e. The van der Waals surface area contributed by atoms with Crippen molar-refractivity contribution in [3.63, 3.8) is 0 Å². The van der Waals surface area contributed by atoms with Crippen LogP contribution in [0.4, 0.5) is 0 Å². The van der Waals surface area contributed by atoms with Crippen molar-refractivity contribution < 1.29 is 59.2 Å². The summed E-state index contributed by atoms with van der Waals surface area (Å²) in [7, 11) is 0. The van der Waals surface area contributed by atoms with Gasteiger partial charge < -0.3 is 44.8 Å². The molecule has 0 saturated heterocycles. The van der Waals surface area contributed by atoms with Gasteiger partial charge in [-0.1, -0.05) is 36.4 Å². The number of nitriles is 3. The summed E-state index contributed by atoms with van der Waals surface area (Å²) in [5, 5.41) is 86.7. The molecule has 0 radical (unpaired) electrons. The third-order valence-corrected chi connectivity index (χ3v) is 8.52. The number of aliphatic hydroxyl groups is 3. The van der Waals surface area contributed by atoms with E-state index in [4.69, 9.17) is 45.3 Å². The van der Waals surface area contributed by atoms with Crippen LogP contribution < -0.4 is 31.3 Å². The smallest absolute Gasteiger partial charge is 0.346 e. The first-order chi connectivity index (χ1) is 30.0. The van der Waals surface area contributed by atoms with E-state index in [1.165, 1.54) is 72.8 Å². The molecule has 324 valence electrons. The molecule has 21 nitrogen and oxygen atoms in total. The van der Waals surface area contributed by atoms with E-state index in [-0.39, 0.29) is 17.2 Å². The van der Waals surface area contributed by atoms with Gasteiger partial charge in [0.15, 0.2) is 0 Å². The van der Waals surface area contributed by atoms with E-state index in [0.717, 1.165) is 18.2 Å². The first-order valence-corrected chi connectivity index (χ1v) is 18.3. The van der Waals surface area contributed by atoms with Crippen molar-refractivity contribution in [1.82, 2.24) is 13.7 Å². The molecular formula is C42H36N6O15. The second kappa shape index (κ2) is 22.2. The van der Waals surface area contributed by atoms with Gasteiger partial charge in [-0.05, 0) is 71.3 Å². The first-order valence-electron chi connectivity index (χ1n) is 18.3. The monoisotopic (exact) mass is 864 g/mol. The summed E-state index contributed by atoms with van der Waals surface area (Å²) in [5.74, 6) is -3.73. The van der Waals surface area contributed by atoms with Gasteiger partial charge in [-0.25, -0.2) is 42.5 Å². The second-order valence-electron chi connectivity index (χ2n) is 13.2. The molecule has 0 fully saturated rings. The van der Waals surface area contributed by atoms with Crippen LogP contribution in [-0.4, -0.2) is 100 Å². The highest BCUT2D eigenvalue weighted by molar-refractivity contribution is 5.97. The normalized spacial score (nSPS) is 13.0. The van der Waals surface area contributed by atoms with Gasteiger partial charge in [0.25, 0.3) is 0 Å². The number of carboxylic acid groups (broad SMARTS) is 3. The van der Waals surface area contributed by atoms with Gasteiger partial charge in [0, 0.05) is 0 Å². The van der Waals surface area contributed by atoms with E-state index in [1.54, 1.807) is 18.2 Å². The average Bonchev–Trinajstić information content (AvgIpc) is 3.26. The Morgan fingerprint density at radius 2 is 0.698 bits per heavy atom. The molecule has 21 heteroatoms. The van der Waals surface area contributed by atoms with Crippen molar-refractivity contribution in [3.8, 4) is 35.5 Å². The van der Waals surface area contributed by atoms with Gasteiger partial charge in [0.1, 0.15) is 90.3 Å². The number of nitrogens with zero attached hydrogens (tertiary/aromatic N) is 6. The molecule has 1 heterocycles. The number of aliphatic hydroxyl groups excluding tert-OH is 3. The van der Waals surface area contributed by atoms with Crippen molar-refractivity contribution in [2.75, 3.05) is 19.8 Å². The maximum atomic E-state index is 13.7. The number of benzene rings is 3. The molecule has 6 N–H and O–H groups in total. The number of ether oxygens (including phenoxy) is 3. The Kier molecular flexibility index (Phi) is 16.6. The fourth-order valence-corrected chi connectivity index (χ4v) is 5.43. The first kappa shape index (κ1) is 47.1. The second-order valence-corrected chi connectivity index (χ2v) is 13.2. The average molecular weight is 865 g/mol. The predicted octanol–water partition coefficient (Wildman–Crippen LogP) is 0.466. The lowest BCUT2D eigenvalue weighted by atomic mass is 10.1. The lowest BCUT2D eigenvalue weighted by Gasteiger charge is -2.20. The molecule has 0 aliphatic rings. The minimum absolute atomic E-state index is 0.178. The highest BCUT2D eigenvalue weighted by Gasteiger charge is 2.22. The molecule has 0 spiro atoms. The van der Waals surface area contributed by atoms with E-state index in [9.17, 15) is 44.1 Å². The van der Waals surface area contributed by atoms with Gasteiger partial charge in [0.2, 0.25) is 0 Å². The number of aliphatic carboxylic acids is 3. The lowest BCUT2D eigenvalue weighted by Crippen LogP contribution is -2.57. The van der Waals surface area contributed by atoms with Crippen molar-refractivity contribution in [2.45, 2.75) is 37.9 Å². The Labute approximate surface area is 355 Å². The third-order valence-electron chi connectivity index (χ3n) is 8.52. The van der Waals surface area contributed by atoms with E-state index in [0.29, 0.717) is 30.4 Å². The van der Waals surface area contributed by atoms with Crippen LogP contribution in [0.25, 0.3) is 18.2 Å². The quantitative estimate of drug-likeness (QED) is 0.0489. The van der Waals surface area contributed by atoms with Gasteiger partial charge in [0.05, 0.1) is 19.6 Å². The minimum atomic E-state index is -1.57. The summed E-state index contributed by atoms with van der Waals surface area (Å²) in [6.45, 7) is -3.73. The molecule has 4 aromatic rings. The standard InChI is InChI=1S/C42H36N6O15/c43-16-28(37(52)53)13-25-1-7-34(8-2-25)61-22-31(49)19-46-40(58)47(20-32(50)23-62-35-9-3-26(4-10-35)14-29(17-44)38(54)55)42(60)48(41(46)59)21-33(51)24-63-36-11-5-27(6-12-36)15-30(18-45)39(56)57/h1-15,31-33,49-51H,19-24H2,(H,52,53)(H,54,55)(H,56,57)/b28-13-,29-14+,30-15+. The molecule has 0 aliphatic carbocycles. The SMILES string of the molecule is N#C/C(=C/c1ccc(OCC(O)Cn2c(=O)n(CC(O)COc3ccc(/C=C(\C#N)C(=O)O)cc3)c(=O)n(CC(O)COc3ccc(/C=C(\C#N)C(=O)O)cc3)c2=O)cc1)C(=O)O. The van der Waals surface area contributed by atoms with Crippen LogP contribution in [0.1, 0.15) is 16.7 Å². The van der Waals surface area contributed by atoms with Gasteiger partial charge >= 0.3 is 35.0 Å².